The monoisotopic (exact) mass is 410 g/mol. The number of nitrogen functional groups attached to an aromatic ring is 1. The largest absolute Gasteiger partial charge is 0.399 e. The lowest BCUT2D eigenvalue weighted by molar-refractivity contribution is 0.949. The zero-order chi connectivity index (χ0) is 20.9. The topological polar surface area (TPSA) is 76.1 Å². The van der Waals surface area contributed by atoms with E-state index in [1.807, 2.05) is 78.9 Å². The number of hydrogen-bond donors (Lipinski definition) is 2. The fourth-order valence-corrected chi connectivity index (χ4v) is 3.85. The van der Waals surface area contributed by atoms with Crippen molar-refractivity contribution in [3.8, 4) is 22.4 Å². The lowest BCUT2D eigenvalue weighted by atomic mass is 10.0. The van der Waals surface area contributed by atoms with Gasteiger partial charge in [-0.1, -0.05) is 78.5 Å². The molecule has 0 unspecified atom stereocenters. The maximum absolute atomic E-state index is 12.5. The van der Waals surface area contributed by atoms with Crippen LogP contribution in [0.4, 0.5) is 11.4 Å². The number of rotatable bonds is 5. The van der Waals surface area contributed by atoms with Crippen molar-refractivity contribution in [3.63, 3.8) is 0 Å². The Balaban J connectivity index is 1.64. The number of nitrogens with one attached hydrogen (secondary N) is 1. The number of aromatic nitrogens is 2. The highest BCUT2D eigenvalue weighted by Crippen LogP contribution is 2.30. The Morgan fingerprint density at radius 1 is 0.900 bits per heavy atom. The summed E-state index contributed by atoms with van der Waals surface area (Å²) in [6.45, 7) is 7.42. The Bertz CT molecular complexity index is 1260. The van der Waals surface area contributed by atoms with Crippen molar-refractivity contribution >= 4 is 23.1 Å². The highest BCUT2D eigenvalue weighted by molar-refractivity contribution is 7.98. The molecule has 5 nitrogen and oxygen atoms in total. The molecule has 3 aromatic carbocycles. The second-order valence-corrected chi connectivity index (χ2v) is 7.62. The minimum absolute atomic E-state index is 0.000652. The third-order valence-corrected chi connectivity index (χ3v) is 5.55. The van der Waals surface area contributed by atoms with Crippen LogP contribution in [0.2, 0.25) is 0 Å². The smallest absolute Gasteiger partial charge is 0.276 e. The fraction of sp³-hybridized carbons (Fsp3) is 0.0417. The molecule has 0 aliphatic heterocycles. The highest BCUT2D eigenvalue weighted by atomic mass is 32.2. The first-order valence-electron chi connectivity index (χ1n) is 9.29. The summed E-state index contributed by atoms with van der Waals surface area (Å²) < 4.78 is 0. The number of nitrogens with two attached hydrogens (primary N) is 1. The van der Waals surface area contributed by atoms with Crippen molar-refractivity contribution in [2.45, 2.75) is 10.9 Å². The molecule has 6 heteroatoms. The molecule has 4 aromatic rings. The molecule has 0 saturated carbocycles. The maximum Gasteiger partial charge on any atom is 0.276 e. The van der Waals surface area contributed by atoms with Gasteiger partial charge in [-0.3, -0.25) is 4.79 Å². The second kappa shape index (κ2) is 8.68. The third-order valence-electron chi connectivity index (χ3n) is 4.61. The molecule has 30 heavy (non-hydrogen) atoms. The number of benzene rings is 3. The quantitative estimate of drug-likeness (QED) is 0.196. The second-order valence-electron chi connectivity index (χ2n) is 6.65. The zero-order valence-corrected chi connectivity index (χ0v) is 16.8. The molecular weight excluding hydrogens is 392 g/mol. The molecule has 146 valence electrons. The Morgan fingerprint density at radius 2 is 1.53 bits per heavy atom. The molecular formula is C24H18N4OS. The van der Waals surface area contributed by atoms with Gasteiger partial charge in [0, 0.05) is 11.4 Å². The summed E-state index contributed by atoms with van der Waals surface area (Å²) in [7, 11) is 0. The van der Waals surface area contributed by atoms with Gasteiger partial charge in [-0.25, -0.2) is 9.83 Å². The molecule has 0 amide bonds. The molecule has 3 N–H and O–H groups in total. The van der Waals surface area contributed by atoms with Crippen LogP contribution in [0.5, 0.6) is 0 Å². The van der Waals surface area contributed by atoms with E-state index in [9.17, 15) is 4.79 Å². The highest BCUT2D eigenvalue weighted by Gasteiger charge is 2.14. The van der Waals surface area contributed by atoms with Crippen LogP contribution in [-0.2, 0) is 5.75 Å². The van der Waals surface area contributed by atoms with Gasteiger partial charge in [0.1, 0.15) is 0 Å². The summed E-state index contributed by atoms with van der Waals surface area (Å²) in [5, 5.41) is 0.478. The number of H-pyrrole nitrogens is 1. The number of aromatic amines is 1. The summed E-state index contributed by atoms with van der Waals surface area (Å²) in [6.07, 6.45) is 0. The van der Waals surface area contributed by atoms with E-state index in [0.29, 0.717) is 22.3 Å². The van der Waals surface area contributed by atoms with Gasteiger partial charge >= 0.3 is 0 Å². The van der Waals surface area contributed by atoms with Crippen molar-refractivity contribution in [1.29, 1.82) is 0 Å². The fourth-order valence-electron chi connectivity index (χ4n) is 3.04. The average molecular weight is 411 g/mol. The predicted molar refractivity (Wildman–Crippen MR) is 122 cm³/mol. The van der Waals surface area contributed by atoms with E-state index in [-0.39, 0.29) is 5.69 Å². The molecule has 1 aromatic heterocycles. The van der Waals surface area contributed by atoms with E-state index in [4.69, 9.17) is 12.3 Å². The minimum atomic E-state index is -0.429. The van der Waals surface area contributed by atoms with Crippen molar-refractivity contribution in [2.24, 2.45) is 0 Å². The van der Waals surface area contributed by atoms with E-state index >= 15 is 0 Å². The lowest BCUT2D eigenvalue weighted by Crippen LogP contribution is -2.09. The molecule has 0 fully saturated rings. The third kappa shape index (κ3) is 4.27. The van der Waals surface area contributed by atoms with Crippen LogP contribution in [0.1, 0.15) is 5.56 Å². The predicted octanol–water partition coefficient (Wildman–Crippen LogP) is 5.53. The van der Waals surface area contributed by atoms with E-state index < -0.39 is 5.56 Å². The number of nitrogens with zero attached hydrogens (tertiary/aromatic N) is 2. The van der Waals surface area contributed by atoms with Gasteiger partial charge in [-0.15, -0.1) is 0 Å². The molecule has 1 heterocycles. The average Bonchev–Trinajstić information content (AvgIpc) is 2.79. The Morgan fingerprint density at radius 3 is 2.20 bits per heavy atom. The van der Waals surface area contributed by atoms with Crippen molar-refractivity contribution in [2.75, 3.05) is 5.73 Å². The van der Waals surface area contributed by atoms with Crippen LogP contribution >= 0.6 is 11.8 Å². The first-order chi connectivity index (χ1) is 14.6. The number of hydrogen-bond acceptors (Lipinski definition) is 4. The van der Waals surface area contributed by atoms with Crippen LogP contribution in [0.25, 0.3) is 27.2 Å². The van der Waals surface area contributed by atoms with Crippen molar-refractivity contribution in [3.05, 3.63) is 106 Å². The van der Waals surface area contributed by atoms with Crippen molar-refractivity contribution in [1.82, 2.24) is 9.97 Å². The van der Waals surface area contributed by atoms with Gasteiger partial charge in [0.2, 0.25) is 0 Å². The number of thioether (sulfide) groups is 1. The van der Waals surface area contributed by atoms with Crippen LogP contribution < -0.4 is 11.3 Å². The van der Waals surface area contributed by atoms with Crippen LogP contribution in [0.15, 0.2) is 88.8 Å². The summed E-state index contributed by atoms with van der Waals surface area (Å²) in [4.78, 5) is 23.2. The molecule has 0 spiro atoms. The summed E-state index contributed by atoms with van der Waals surface area (Å²) in [6, 6.07) is 25.3. The SMILES string of the molecule is [C-]#[N+]c1c(-c2ccc(-c3ccccc3)cc2)nc(SCc2ccc(N)cc2)[nH]c1=O. The maximum atomic E-state index is 12.5. The Labute approximate surface area is 178 Å². The van der Waals surface area contributed by atoms with Gasteiger partial charge in [-0.2, -0.15) is 0 Å². The molecule has 0 saturated heterocycles. The Hall–Kier alpha value is -3.82. The van der Waals surface area contributed by atoms with Crippen LogP contribution in [-0.4, -0.2) is 9.97 Å². The van der Waals surface area contributed by atoms with E-state index in [1.54, 1.807) is 0 Å². The van der Waals surface area contributed by atoms with Gasteiger partial charge in [0.05, 0.1) is 12.3 Å². The van der Waals surface area contributed by atoms with E-state index in [1.165, 1.54) is 11.8 Å². The van der Waals surface area contributed by atoms with Crippen LogP contribution in [0, 0.1) is 6.57 Å². The molecule has 0 atom stereocenters. The minimum Gasteiger partial charge on any atom is -0.399 e. The van der Waals surface area contributed by atoms with Gasteiger partial charge in [-0.05, 0) is 34.4 Å². The number of anilines is 1. The standard InChI is InChI=1S/C24H18N4OS/c1-26-22-21(19-11-9-18(10-12-19)17-5-3-2-4-6-17)27-24(28-23(22)29)30-15-16-7-13-20(25)14-8-16/h2-14H,15,25H2,(H,27,28,29). The summed E-state index contributed by atoms with van der Waals surface area (Å²) >= 11 is 1.41. The van der Waals surface area contributed by atoms with Crippen LogP contribution in [0.3, 0.4) is 0 Å². The normalized spacial score (nSPS) is 10.5. The first kappa shape index (κ1) is 19.5. The van der Waals surface area contributed by atoms with Crippen molar-refractivity contribution < 1.29 is 0 Å². The van der Waals surface area contributed by atoms with Gasteiger partial charge in [0.25, 0.3) is 11.2 Å². The molecule has 4 rings (SSSR count). The molecule has 0 aliphatic rings. The van der Waals surface area contributed by atoms with Gasteiger partial charge < -0.3 is 10.7 Å². The zero-order valence-electron chi connectivity index (χ0n) is 16.0. The van der Waals surface area contributed by atoms with Gasteiger partial charge in [0.15, 0.2) is 5.16 Å². The Kier molecular flexibility index (Phi) is 5.64. The molecule has 0 radical (unpaired) electrons. The van der Waals surface area contributed by atoms with E-state index in [0.717, 1.165) is 22.3 Å². The van der Waals surface area contributed by atoms with E-state index in [2.05, 4.69) is 14.8 Å². The molecule has 0 bridgehead atoms. The summed E-state index contributed by atoms with van der Waals surface area (Å²) in [5.41, 5.74) is 10.4. The molecule has 0 aliphatic carbocycles. The lowest BCUT2D eigenvalue weighted by Gasteiger charge is -2.08. The summed E-state index contributed by atoms with van der Waals surface area (Å²) in [5.74, 6) is 0.632. The first-order valence-corrected chi connectivity index (χ1v) is 10.3.